The Morgan fingerprint density at radius 1 is 1.29 bits per heavy atom. The molecule has 1 aromatic rings. The number of rotatable bonds is 2. The predicted molar refractivity (Wildman–Crippen MR) is 83.1 cm³/mol. The van der Waals surface area contributed by atoms with Crippen LogP contribution in [0.1, 0.15) is 13.8 Å². The van der Waals surface area contributed by atoms with E-state index in [-0.39, 0.29) is 18.0 Å². The zero-order chi connectivity index (χ0) is 15.0. The molecule has 21 heavy (non-hydrogen) atoms. The highest BCUT2D eigenvalue weighted by Gasteiger charge is 2.39. The SMILES string of the molecule is CC(C)N1CCN2CCN(c3ccncc3N)CC2C1=O. The number of fused-ring (bicyclic) bond motifs is 1. The molecule has 3 rings (SSSR count). The fourth-order valence-corrected chi connectivity index (χ4v) is 3.28. The molecule has 0 radical (unpaired) electrons. The highest BCUT2D eigenvalue weighted by molar-refractivity contribution is 5.84. The van der Waals surface area contributed by atoms with Crippen molar-refractivity contribution < 1.29 is 4.79 Å². The van der Waals surface area contributed by atoms with Crippen molar-refractivity contribution >= 4 is 17.3 Å². The molecule has 6 nitrogen and oxygen atoms in total. The maximum Gasteiger partial charge on any atom is 0.242 e. The number of pyridine rings is 1. The van der Waals surface area contributed by atoms with E-state index in [4.69, 9.17) is 5.73 Å². The first-order valence-electron chi connectivity index (χ1n) is 7.57. The molecule has 0 spiro atoms. The molecule has 2 fully saturated rings. The van der Waals surface area contributed by atoms with Crippen molar-refractivity contribution in [3.05, 3.63) is 18.5 Å². The molecule has 0 aliphatic carbocycles. The van der Waals surface area contributed by atoms with Crippen molar-refractivity contribution in [2.24, 2.45) is 0 Å². The highest BCUT2D eigenvalue weighted by atomic mass is 16.2. The molecule has 114 valence electrons. The van der Waals surface area contributed by atoms with Gasteiger partial charge >= 0.3 is 0 Å². The lowest BCUT2D eigenvalue weighted by molar-refractivity contribution is -0.144. The fraction of sp³-hybridized carbons (Fsp3) is 0.600. The van der Waals surface area contributed by atoms with Gasteiger partial charge in [0.2, 0.25) is 5.91 Å². The average molecular weight is 289 g/mol. The van der Waals surface area contributed by atoms with Crippen LogP contribution in [0.25, 0.3) is 0 Å². The zero-order valence-electron chi connectivity index (χ0n) is 12.7. The van der Waals surface area contributed by atoms with Crippen molar-refractivity contribution in [2.45, 2.75) is 25.9 Å². The Bertz CT molecular complexity index is 533. The lowest BCUT2D eigenvalue weighted by Crippen LogP contribution is -2.65. The molecule has 0 bridgehead atoms. The third kappa shape index (κ3) is 2.55. The Labute approximate surface area is 125 Å². The number of hydrogen-bond acceptors (Lipinski definition) is 5. The predicted octanol–water partition coefficient (Wildman–Crippen LogP) is 0.405. The summed E-state index contributed by atoms with van der Waals surface area (Å²) in [7, 11) is 0. The van der Waals surface area contributed by atoms with E-state index in [1.165, 1.54) is 0 Å². The normalized spacial score (nSPS) is 23.6. The van der Waals surface area contributed by atoms with Crippen LogP contribution in [0.5, 0.6) is 0 Å². The number of carbonyl (C=O) groups is 1. The number of amides is 1. The molecule has 3 heterocycles. The standard InChI is InChI=1S/C15H23N5O/c1-11(2)20-8-7-18-5-6-19(10-14(18)15(20)21)13-3-4-17-9-12(13)16/h3-4,9,11,14H,5-8,10,16H2,1-2H3. The van der Waals surface area contributed by atoms with E-state index in [2.05, 4.69) is 28.6 Å². The highest BCUT2D eigenvalue weighted by Crippen LogP contribution is 2.26. The maximum absolute atomic E-state index is 12.7. The number of nitrogen functional groups attached to an aromatic ring is 1. The van der Waals surface area contributed by atoms with Gasteiger partial charge in [-0.15, -0.1) is 0 Å². The maximum atomic E-state index is 12.7. The molecule has 1 aromatic heterocycles. The Hall–Kier alpha value is -1.82. The van der Waals surface area contributed by atoms with Crippen LogP contribution in [0.2, 0.25) is 0 Å². The largest absolute Gasteiger partial charge is 0.396 e. The van der Waals surface area contributed by atoms with Crippen LogP contribution in [0, 0.1) is 0 Å². The third-order valence-electron chi connectivity index (χ3n) is 4.48. The lowest BCUT2D eigenvalue weighted by atomic mass is 10.1. The zero-order valence-corrected chi connectivity index (χ0v) is 12.7. The minimum Gasteiger partial charge on any atom is -0.396 e. The Kier molecular flexibility index (Phi) is 3.71. The first-order chi connectivity index (χ1) is 10.1. The van der Waals surface area contributed by atoms with Crippen LogP contribution < -0.4 is 10.6 Å². The molecular formula is C15H23N5O. The Balaban J connectivity index is 1.79. The Morgan fingerprint density at radius 2 is 2.05 bits per heavy atom. The second-order valence-corrected chi connectivity index (χ2v) is 6.06. The second-order valence-electron chi connectivity index (χ2n) is 6.06. The summed E-state index contributed by atoms with van der Waals surface area (Å²) in [6.45, 7) is 8.47. The van der Waals surface area contributed by atoms with E-state index in [1.54, 1.807) is 12.4 Å². The summed E-state index contributed by atoms with van der Waals surface area (Å²) in [5.41, 5.74) is 7.68. The van der Waals surface area contributed by atoms with E-state index >= 15 is 0 Å². The van der Waals surface area contributed by atoms with Gasteiger partial charge in [0.25, 0.3) is 0 Å². The number of hydrogen-bond donors (Lipinski definition) is 1. The van der Waals surface area contributed by atoms with Gasteiger partial charge in [0.05, 0.1) is 17.6 Å². The topological polar surface area (TPSA) is 65.7 Å². The molecule has 0 saturated carbocycles. The van der Waals surface area contributed by atoms with Gasteiger partial charge in [-0.05, 0) is 19.9 Å². The first kappa shape index (κ1) is 14.1. The number of carbonyl (C=O) groups excluding carboxylic acids is 1. The van der Waals surface area contributed by atoms with Gasteiger partial charge in [-0.3, -0.25) is 14.7 Å². The summed E-state index contributed by atoms with van der Waals surface area (Å²) in [5.74, 6) is 0.244. The molecule has 0 aromatic carbocycles. The van der Waals surface area contributed by atoms with Crippen molar-refractivity contribution in [3.8, 4) is 0 Å². The van der Waals surface area contributed by atoms with E-state index in [0.717, 1.165) is 31.9 Å². The van der Waals surface area contributed by atoms with Crippen molar-refractivity contribution in [2.75, 3.05) is 43.4 Å². The summed E-state index contributed by atoms with van der Waals surface area (Å²) in [6.07, 6.45) is 3.42. The average Bonchev–Trinajstić information content (AvgIpc) is 2.47. The quantitative estimate of drug-likeness (QED) is 0.854. The van der Waals surface area contributed by atoms with Crippen LogP contribution >= 0.6 is 0 Å². The number of piperazine rings is 2. The molecular weight excluding hydrogens is 266 g/mol. The van der Waals surface area contributed by atoms with Crippen molar-refractivity contribution in [1.82, 2.24) is 14.8 Å². The molecule has 6 heteroatoms. The number of aromatic nitrogens is 1. The van der Waals surface area contributed by atoms with Crippen LogP contribution in [0.15, 0.2) is 18.5 Å². The van der Waals surface area contributed by atoms with Gasteiger partial charge in [-0.1, -0.05) is 0 Å². The molecule has 2 saturated heterocycles. The van der Waals surface area contributed by atoms with Gasteiger partial charge in [-0.2, -0.15) is 0 Å². The number of nitrogens with zero attached hydrogens (tertiary/aromatic N) is 4. The summed E-state index contributed by atoms with van der Waals surface area (Å²) < 4.78 is 0. The number of anilines is 2. The van der Waals surface area contributed by atoms with E-state index in [9.17, 15) is 4.79 Å². The summed E-state index contributed by atoms with van der Waals surface area (Å²) in [6, 6.07) is 2.14. The third-order valence-corrected chi connectivity index (χ3v) is 4.48. The molecule has 1 amide bonds. The fourth-order valence-electron chi connectivity index (χ4n) is 3.28. The second kappa shape index (κ2) is 5.52. The van der Waals surface area contributed by atoms with E-state index in [0.29, 0.717) is 12.2 Å². The first-order valence-corrected chi connectivity index (χ1v) is 7.57. The van der Waals surface area contributed by atoms with Crippen LogP contribution in [0.4, 0.5) is 11.4 Å². The molecule has 1 unspecified atom stereocenters. The van der Waals surface area contributed by atoms with Gasteiger partial charge in [0.15, 0.2) is 0 Å². The molecule has 2 aliphatic heterocycles. The van der Waals surface area contributed by atoms with Crippen molar-refractivity contribution in [3.63, 3.8) is 0 Å². The molecule has 2 aliphatic rings. The van der Waals surface area contributed by atoms with E-state index in [1.807, 2.05) is 11.0 Å². The summed E-state index contributed by atoms with van der Waals surface area (Å²) in [5, 5.41) is 0. The van der Waals surface area contributed by atoms with Crippen LogP contribution in [0.3, 0.4) is 0 Å². The van der Waals surface area contributed by atoms with E-state index < -0.39 is 0 Å². The summed E-state index contributed by atoms with van der Waals surface area (Å²) in [4.78, 5) is 23.2. The molecule has 2 N–H and O–H groups in total. The van der Waals surface area contributed by atoms with Gasteiger partial charge < -0.3 is 15.5 Å². The summed E-state index contributed by atoms with van der Waals surface area (Å²) >= 11 is 0. The monoisotopic (exact) mass is 289 g/mol. The lowest BCUT2D eigenvalue weighted by Gasteiger charge is -2.48. The van der Waals surface area contributed by atoms with Gasteiger partial charge in [0.1, 0.15) is 6.04 Å². The van der Waals surface area contributed by atoms with Crippen LogP contribution in [-0.4, -0.2) is 65.5 Å². The van der Waals surface area contributed by atoms with Gasteiger partial charge in [0, 0.05) is 45.0 Å². The van der Waals surface area contributed by atoms with Crippen molar-refractivity contribution in [1.29, 1.82) is 0 Å². The number of nitrogens with two attached hydrogens (primary N) is 1. The minimum absolute atomic E-state index is 0.0533. The van der Waals surface area contributed by atoms with Gasteiger partial charge in [-0.25, -0.2) is 0 Å². The molecule has 1 atom stereocenters. The minimum atomic E-state index is -0.0533. The smallest absolute Gasteiger partial charge is 0.242 e. The van der Waals surface area contributed by atoms with Crippen LogP contribution in [-0.2, 0) is 4.79 Å². The Morgan fingerprint density at radius 3 is 2.76 bits per heavy atom.